The molecule has 2 aromatic carbocycles. The number of carbonyl (C=O) groups excluding carboxylic acids is 2. The molecule has 3 heteroatoms. The first-order valence-corrected chi connectivity index (χ1v) is 9.46. The third-order valence-corrected chi connectivity index (χ3v) is 5.40. The van der Waals surface area contributed by atoms with Gasteiger partial charge in [0.1, 0.15) is 0 Å². The van der Waals surface area contributed by atoms with Crippen LogP contribution in [0.5, 0.6) is 0 Å². The summed E-state index contributed by atoms with van der Waals surface area (Å²) in [6, 6.07) is 17.5. The molecule has 0 radical (unpaired) electrons. The molecule has 2 atom stereocenters. The SMILES string of the molecule is CCOC(=O)c1ccc(/C(=C2/C(=O)CC3C=CCC23)c2ccccc2)cc1. The van der Waals surface area contributed by atoms with Crippen molar-refractivity contribution < 1.29 is 14.3 Å². The van der Waals surface area contributed by atoms with E-state index in [1.165, 1.54) is 0 Å². The van der Waals surface area contributed by atoms with Crippen LogP contribution in [0.25, 0.3) is 5.57 Å². The number of benzene rings is 2. The molecule has 1 saturated carbocycles. The van der Waals surface area contributed by atoms with Crippen LogP contribution in [-0.2, 0) is 9.53 Å². The fourth-order valence-corrected chi connectivity index (χ4v) is 4.18. The van der Waals surface area contributed by atoms with Gasteiger partial charge in [0.2, 0.25) is 0 Å². The molecule has 0 amide bonds. The molecule has 1 fully saturated rings. The summed E-state index contributed by atoms with van der Waals surface area (Å²) >= 11 is 0. The number of ether oxygens (including phenoxy) is 1. The van der Waals surface area contributed by atoms with Crippen molar-refractivity contribution in [2.24, 2.45) is 11.8 Å². The molecule has 0 heterocycles. The van der Waals surface area contributed by atoms with Gasteiger partial charge in [-0.2, -0.15) is 0 Å². The zero-order valence-electron chi connectivity index (χ0n) is 15.4. The molecule has 27 heavy (non-hydrogen) atoms. The molecular weight excluding hydrogens is 336 g/mol. The molecule has 2 unspecified atom stereocenters. The fraction of sp³-hybridized carbons (Fsp3) is 0.250. The summed E-state index contributed by atoms with van der Waals surface area (Å²) < 4.78 is 5.07. The predicted octanol–water partition coefficient (Wildman–Crippen LogP) is 4.83. The van der Waals surface area contributed by atoms with Crippen LogP contribution < -0.4 is 0 Å². The van der Waals surface area contributed by atoms with Crippen molar-refractivity contribution in [2.75, 3.05) is 6.61 Å². The summed E-state index contributed by atoms with van der Waals surface area (Å²) in [5.41, 5.74) is 4.45. The van der Waals surface area contributed by atoms with E-state index in [-0.39, 0.29) is 17.7 Å². The van der Waals surface area contributed by atoms with Gasteiger partial charge < -0.3 is 4.74 Å². The first kappa shape index (κ1) is 17.5. The number of hydrogen-bond acceptors (Lipinski definition) is 3. The number of fused-ring (bicyclic) bond motifs is 1. The number of hydrogen-bond donors (Lipinski definition) is 0. The van der Waals surface area contributed by atoms with Gasteiger partial charge in [0.15, 0.2) is 5.78 Å². The van der Waals surface area contributed by atoms with Crippen molar-refractivity contribution in [1.29, 1.82) is 0 Å². The van der Waals surface area contributed by atoms with Crippen molar-refractivity contribution >= 4 is 17.3 Å². The van der Waals surface area contributed by atoms with Gasteiger partial charge >= 0.3 is 5.97 Å². The van der Waals surface area contributed by atoms with E-state index in [9.17, 15) is 9.59 Å². The molecule has 2 aliphatic rings. The molecule has 0 N–H and O–H groups in total. The Hall–Kier alpha value is -2.94. The van der Waals surface area contributed by atoms with Gasteiger partial charge in [0.25, 0.3) is 0 Å². The third kappa shape index (κ3) is 3.25. The van der Waals surface area contributed by atoms with Crippen molar-refractivity contribution in [3.05, 3.63) is 89.0 Å². The molecule has 0 aromatic heterocycles. The Morgan fingerprint density at radius 3 is 2.37 bits per heavy atom. The van der Waals surface area contributed by atoms with Gasteiger partial charge in [0.05, 0.1) is 12.2 Å². The summed E-state index contributed by atoms with van der Waals surface area (Å²) in [4.78, 5) is 24.8. The lowest BCUT2D eigenvalue weighted by molar-refractivity contribution is -0.114. The summed E-state index contributed by atoms with van der Waals surface area (Å²) in [7, 11) is 0. The van der Waals surface area contributed by atoms with Crippen LogP contribution in [0.3, 0.4) is 0 Å². The lowest BCUT2D eigenvalue weighted by Gasteiger charge is -2.17. The zero-order valence-corrected chi connectivity index (χ0v) is 15.4. The van der Waals surface area contributed by atoms with Gasteiger partial charge in [-0.15, -0.1) is 0 Å². The maximum Gasteiger partial charge on any atom is 0.338 e. The van der Waals surface area contributed by atoms with Gasteiger partial charge in [-0.05, 0) is 54.0 Å². The van der Waals surface area contributed by atoms with Crippen molar-refractivity contribution in [2.45, 2.75) is 19.8 Å². The number of rotatable bonds is 4. The predicted molar refractivity (Wildman–Crippen MR) is 105 cm³/mol. The van der Waals surface area contributed by atoms with Crippen LogP contribution in [0.4, 0.5) is 0 Å². The van der Waals surface area contributed by atoms with E-state index in [0.717, 1.165) is 28.7 Å². The normalized spacial score (nSPS) is 22.6. The minimum absolute atomic E-state index is 0.239. The second kappa shape index (κ2) is 7.36. The summed E-state index contributed by atoms with van der Waals surface area (Å²) in [5.74, 6) is 0.500. The highest BCUT2D eigenvalue weighted by atomic mass is 16.5. The average Bonchev–Trinajstić information content (AvgIpc) is 3.25. The topological polar surface area (TPSA) is 43.4 Å². The Balaban J connectivity index is 1.82. The zero-order chi connectivity index (χ0) is 18.8. The van der Waals surface area contributed by atoms with Gasteiger partial charge in [-0.25, -0.2) is 4.79 Å². The Morgan fingerprint density at radius 1 is 1.00 bits per heavy atom. The minimum atomic E-state index is -0.324. The molecule has 0 bridgehead atoms. The Labute approximate surface area is 159 Å². The smallest absolute Gasteiger partial charge is 0.338 e. The van der Waals surface area contributed by atoms with E-state index in [4.69, 9.17) is 4.74 Å². The summed E-state index contributed by atoms with van der Waals surface area (Å²) in [6.45, 7) is 2.15. The highest BCUT2D eigenvalue weighted by Crippen LogP contribution is 2.46. The molecular formula is C24H22O3. The summed E-state index contributed by atoms with van der Waals surface area (Å²) in [6.07, 6.45) is 5.88. The van der Waals surface area contributed by atoms with Gasteiger partial charge in [-0.1, -0.05) is 54.6 Å². The number of esters is 1. The average molecular weight is 358 g/mol. The summed E-state index contributed by atoms with van der Waals surface area (Å²) in [5, 5.41) is 0. The van der Waals surface area contributed by atoms with Crippen LogP contribution >= 0.6 is 0 Å². The van der Waals surface area contributed by atoms with Gasteiger partial charge in [0, 0.05) is 12.0 Å². The quantitative estimate of drug-likeness (QED) is 0.447. The molecule has 0 saturated heterocycles. The van der Waals surface area contributed by atoms with E-state index < -0.39 is 0 Å². The minimum Gasteiger partial charge on any atom is -0.462 e. The van der Waals surface area contributed by atoms with E-state index in [0.29, 0.717) is 24.5 Å². The molecule has 4 rings (SSSR count). The highest BCUT2D eigenvalue weighted by molar-refractivity contribution is 6.08. The lowest BCUT2D eigenvalue weighted by Crippen LogP contribution is -2.08. The number of ketones is 1. The fourth-order valence-electron chi connectivity index (χ4n) is 4.18. The van der Waals surface area contributed by atoms with Crippen molar-refractivity contribution in [3.8, 4) is 0 Å². The molecule has 136 valence electrons. The number of carbonyl (C=O) groups is 2. The second-order valence-electron chi connectivity index (χ2n) is 7.01. The largest absolute Gasteiger partial charge is 0.462 e. The Bertz CT molecular complexity index is 920. The maximum absolute atomic E-state index is 12.9. The van der Waals surface area contributed by atoms with E-state index in [1.54, 1.807) is 19.1 Å². The first-order valence-electron chi connectivity index (χ1n) is 9.46. The van der Waals surface area contributed by atoms with Crippen LogP contribution in [-0.4, -0.2) is 18.4 Å². The van der Waals surface area contributed by atoms with Gasteiger partial charge in [-0.3, -0.25) is 4.79 Å². The van der Waals surface area contributed by atoms with Crippen molar-refractivity contribution in [3.63, 3.8) is 0 Å². The van der Waals surface area contributed by atoms with E-state index >= 15 is 0 Å². The van der Waals surface area contributed by atoms with Crippen LogP contribution in [0.15, 0.2) is 72.3 Å². The highest BCUT2D eigenvalue weighted by Gasteiger charge is 2.40. The standard InChI is InChI=1S/C24H22O3/c1-2-27-24(26)18-13-11-17(12-14-18)22(16-7-4-3-5-8-16)23-20-10-6-9-19(20)15-21(23)25/h3-9,11-14,19-20H,2,10,15H2,1H3/b23-22+. The van der Waals surface area contributed by atoms with Crippen molar-refractivity contribution in [1.82, 2.24) is 0 Å². The number of allylic oxidation sites excluding steroid dienone is 3. The third-order valence-electron chi connectivity index (χ3n) is 5.40. The Morgan fingerprint density at radius 2 is 1.67 bits per heavy atom. The molecule has 0 aliphatic heterocycles. The first-order chi connectivity index (χ1) is 13.2. The van der Waals surface area contributed by atoms with E-state index in [1.807, 2.05) is 42.5 Å². The van der Waals surface area contributed by atoms with E-state index in [2.05, 4.69) is 12.2 Å². The Kier molecular flexibility index (Phi) is 4.76. The number of Topliss-reactive ketones (excluding diaryl/α,β-unsaturated/α-hetero) is 1. The van der Waals surface area contributed by atoms with Crippen LogP contribution in [0, 0.1) is 11.8 Å². The molecule has 2 aromatic rings. The molecule has 3 nitrogen and oxygen atoms in total. The van der Waals surface area contributed by atoms with Crippen LogP contribution in [0.2, 0.25) is 0 Å². The lowest BCUT2D eigenvalue weighted by atomic mass is 9.86. The molecule has 2 aliphatic carbocycles. The van der Waals surface area contributed by atoms with Crippen LogP contribution in [0.1, 0.15) is 41.3 Å². The second-order valence-corrected chi connectivity index (χ2v) is 7.01. The maximum atomic E-state index is 12.9. The monoisotopic (exact) mass is 358 g/mol. The molecule has 0 spiro atoms.